The van der Waals surface area contributed by atoms with E-state index in [0.29, 0.717) is 54.5 Å². The highest BCUT2D eigenvalue weighted by molar-refractivity contribution is 7.99. The Morgan fingerprint density at radius 1 is 1.25 bits per heavy atom. The molecule has 0 saturated heterocycles. The average molecular weight is 473 g/mol. The van der Waals surface area contributed by atoms with Crippen LogP contribution in [0.5, 0.6) is 0 Å². The lowest BCUT2D eigenvalue weighted by molar-refractivity contribution is -0.121. The molecule has 1 aliphatic rings. The molecular weight excluding hydrogens is 448 g/mol. The second kappa shape index (κ2) is 9.99. The van der Waals surface area contributed by atoms with Crippen molar-refractivity contribution in [1.82, 2.24) is 25.2 Å². The van der Waals surface area contributed by atoms with Crippen molar-refractivity contribution in [3.8, 4) is 11.4 Å². The number of amides is 1. The lowest BCUT2D eigenvalue weighted by Gasteiger charge is -2.20. The van der Waals surface area contributed by atoms with Gasteiger partial charge in [0.15, 0.2) is 11.0 Å². The Hall–Kier alpha value is -2.46. The van der Waals surface area contributed by atoms with E-state index >= 15 is 0 Å². The minimum atomic E-state index is 0.0229. The smallest absolute Gasteiger partial charge is 0.224 e. The van der Waals surface area contributed by atoms with Crippen LogP contribution in [-0.4, -0.2) is 58.7 Å². The number of benzene rings is 2. The molecule has 0 radical (unpaired) electrons. The third kappa shape index (κ3) is 5.12. The van der Waals surface area contributed by atoms with Gasteiger partial charge in [-0.25, -0.2) is 4.98 Å². The number of nitrogens with zero attached hydrogens (tertiary/aromatic N) is 4. The number of hydrogen-bond donors (Lipinski definition) is 2. The Balaban J connectivity index is 1.54. The second-order valence-corrected chi connectivity index (χ2v) is 9.25. The van der Waals surface area contributed by atoms with Crippen molar-refractivity contribution < 1.29 is 9.53 Å². The lowest BCUT2D eigenvalue weighted by atomic mass is 9.94. The van der Waals surface area contributed by atoms with Gasteiger partial charge in [-0.3, -0.25) is 4.79 Å². The molecule has 1 aliphatic heterocycles. The van der Waals surface area contributed by atoms with Crippen LogP contribution in [0.15, 0.2) is 29.4 Å². The molecule has 32 heavy (non-hydrogen) atoms. The first-order valence-electron chi connectivity index (χ1n) is 10.3. The van der Waals surface area contributed by atoms with E-state index in [9.17, 15) is 4.79 Å². The summed E-state index contributed by atoms with van der Waals surface area (Å²) in [6, 6.07) is 7.97. The molecule has 0 fully saturated rings. The Morgan fingerprint density at radius 2 is 2.06 bits per heavy atom. The van der Waals surface area contributed by atoms with Gasteiger partial charge >= 0.3 is 0 Å². The Kier molecular flexibility index (Phi) is 7.10. The summed E-state index contributed by atoms with van der Waals surface area (Å²) in [6.45, 7) is 2.31. The average Bonchev–Trinajstić information content (AvgIpc) is 2.75. The van der Waals surface area contributed by atoms with Gasteiger partial charge in [-0.1, -0.05) is 41.6 Å². The van der Waals surface area contributed by atoms with Gasteiger partial charge in [-0.05, 0) is 42.1 Å². The van der Waals surface area contributed by atoms with E-state index in [2.05, 4.69) is 26.3 Å². The number of carbonyl (C=O) groups is 1. The molecule has 10 heteroatoms. The van der Waals surface area contributed by atoms with Crippen molar-refractivity contribution in [2.75, 3.05) is 38.7 Å². The normalized spacial score (nSPS) is 13.0. The van der Waals surface area contributed by atoms with Gasteiger partial charge in [0.25, 0.3) is 0 Å². The number of thioether (sulfide) groups is 1. The van der Waals surface area contributed by atoms with Crippen LogP contribution >= 0.6 is 23.4 Å². The summed E-state index contributed by atoms with van der Waals surface area (Å²) >= 11 is 8.07. The molecule has 2 heterocycles. The van der Waals surface area contributed by atoms with Crippen LogP contribution in [-0.2, 0) is 22.7 Å². The van der Waals surface area contributed by atoms with E-state index in [4.69, 9.17) is 22.1 Å². The molecule has 1 amide bonds. The van der Waals surface area contributed by atoms with Gasteiger partial charge in [0, 0.05) is 30.8 Å². The maximum Gasteiger partial charge on any atom is 0.224 e. The molecule has 0 spiro atoms. The Morgan fingerprint density at radius 3 is 2.88 bits per heavy atom. The number of rotatable bonds is 8. The van der Waals surface area contributed by atoms with Crippen molar-refractivity contribution in [2.45, 2.75) is 24.8 Å². The molecule has 0 atom stereocenters. The molecule has 3 N–H and O–H groups in total. The number of carbonyl (C=O) groups excluding carboxylic acids is 1. The first kappa shape index (κ1) is 22.7. The molecule has 0 aliphatic carbocycles. The number of hydrogen-bond acceptors (Lipinski definition) is 8. The summed E-state index contributed by atoms with van der Waals surface area (Å²) in [5, 5.41) is 6.05. The lowest BCUT2D eigenvalue weighted by Crippen LogP contribution is -2.29. The van der Waals surface area contributed by atoms with Crippen LogP contribution in [0.3, 0.4) is 0 Å². The number of anilines is 1. The van der Waals surface area contributed by atoms with E-state index in [0.717, 1.165) is 27.5 Å². The highest BCUT2D eigenvalue weighted by Crippen LogP contribution is 2.39. The fourth-order valence-electron chi connectivity index (χ4n) is 3.64. The second-order valence-electron chi connectivity index (χ2n) is 7.78. The van der Waals surface area contributed by atoms with Crippen molar-refractivity contribution in [2.24, 2.45) is 0 Å². The van der Waals surface area contributed by atoms with Gasteiger partial charge in [0.05, 0.1) is 18.2 Å². The van der Waals surface area contributed by atoms with E-state index < -0.39 is 0 Å². The van der Waals surface area contributed by atoms with Crippen molar-refractivity contribution in [1.29, 1.82) is 0 Å². The van der Waals surface area contributed by atoms with E-state index in [1.54, 1.807) is 0 Å². The first-order chi connectivity index (χ1) is 15.4. The minimum absolute atomic E-state index is 0.0229. The zero-order valence-corrected chi connectivity index (χ0v) is 19.6. The minimum Gasteiger partial charge on any atom is -0.372 e. The molecule has 4 rings (SSSR count). The quantitative estimate of drug-likeness (QED) is 0.380. The highest BCUT2D eigenvalue weighted by atomic mass is 35.5. The molecule has 0 bridgehead atoms. The van der Waals surface area contributed by atoms with Gasteiger partial charge in [-0.15, -0.1) is 0 Å². The summed E-state index contributed by atoms with van der Waals surface area (Å²) in [7, 11) is 3.88. The van der Waals surface area contributed by atoms with Crippen LogP contribution in [0.4, 0.5) is 5.95 Å². The van der Waals surface area contributed by atoms with Gasteiger partial charge in [0.1, 0.15) is 0 Å². The van der Waals surface area contributed by atoms with E-state index in [1.165, 1.54) is 11.8 Å². The van der Waals surface area contributed by atoms with Crippen molar-refractivity contribution >= 4 is 46.0 Å². The SMILES string of the molecule is CN(C)CCC(=O)NCCSc1nc(N)nc(-c2c(Cl)cc3c4c(cccc24)COC3)n1. The zero-order valence-electron chi connectivity index (χ0n) is 18.0. The van der Waals surface area contributed by atoms with Crippen molar-refractivity contribution in [3.63, 3.8) is 0 Å². The van der Waals surface area contributed by atoms with E-state index in [-0.39, 0.29) is 11.9 Å². The summed E-state index contributed by atoms with van der Waals surface area (Å²) in [5.74, 6) is 1.21. The summed E-state index contributed by atoms with van der Waals surface area (Å²) in [5.41, 5.74) is 8.90. The maximum atomic E-state index is 11.9. The predicted molar refractivity (Wildman–Crippen MR) is 128 cm³/mol. The molecule has 1 aromatic heterocycles. The number of aromatic nitrogens is 3. The van der Waals surface area contributed by atoms with E-state index in [1.807, 2.05) is 37.2 Å². The predicted octanol–water partition coefficient (Wildman–Crippen LogP) is 3.12. The molecule has 0 saturated carbocycles. The Labute approximate surface area is 195 Å². The van der Waals surface area contributed by atoms with Crippen LogP contribution in [0.2, 0.25) is 5.02 Å². The first-order valence-corrected chi connectivity index (χ1v) is 11.7. The van der Waals surface area contributed by atoms with Crippen molar-refractivity contribution in [3.05, 3.63) is 40.4 Å². The number of halogens is 1. The monoisotopic (exact) mass is 472 g/mol. The molecule has 168 valence electrons. The molecule has 2 aromatic carbocycles. The maximum absolute atomic E-state index is 11.9. The third-order valence-electron chi connectivity index (χ3n) is 5.09. The van der Waals surface area contributed by atoms with Crippen LogP contribution in [0.25, 0.3) is 22.2 Å². The fourth-order valence-corrected chi connectivity index (χ4v) is 4.65. The topological polar surface area (TPSA) is 106 Å². The summed E-state index contributed by atoms with van der Waals surface area (Å²) < 4.78 is 5.67. The fraction of sp³-hybridized carbons (Fsp3) is 0.364. The molecular formula is C22H25ClN6O2S. The summed E-state index contributed by atoms with van der Waals surface area (Å²) in [4.78, 5) is 27.1. The summed E-state index contributed by atoms with van der Waals surface area (Å²) in [6.07, 6.45) is 0.467. The standard InChI is InChI=1S/C22H25ClN6O2S/c1-29(2)8-6-17(30)25-7-9-32-22-27-20(26-21(24)28-22)19-15-5-3-4-13-11-31-12-14(18(13)15)10-16(19)23/h3-5,10H,6-9,11-12H2,1-2H3,(H,25,30)(H2,24,26,27,28). The molecule has 0 unspecified atom stereocenters. The van der Waals surface area contributed by atoms with Gasteiger partial charge in [-0.2, -0.15) is 9.97 Å². The van der Waals surface area contributed by atoms with Gasteiger partial charge < -0.3 is 20.7 Å². The zero-order chi connectivity index (χ0) is 22.7. The third-order valence-corrected chi connectivity index (χ3v) is 6.24. The van der Waals surface area contributed by atoms with Crippen LogP contribution < -0.4 is 11.1 Å². The highest BCUT2D eigenvalue weighted by Gasteiger charge is 2.21. The largest absolute Gasteiger partial charge is 0.372 e. The number of ether oxygens (including phenoxy) is 1. The van der Waals surface area contributed by atoms with Crippen LogP contribution in [0.1, 0.15) is 17.5 Å². The number of nitrogens with one attached hydrogen (secondary N) is 1. The molecule has 3 aromatic rings. The number of nitrogen functional groups attached to an aromatic ring is 1. The number of nitrogens with two attached hydrogens (primary N) is 1. The van der Waals surface area contributed by atoms with Crippen LogP contribution in [0, 0.1) is 0 Å². The van der Waals surface area contributed by atoms with Gasteiger partial charge in [0.2, 0.25) is 11.9 Å². The Bertz CT molecular complexity index is 1160. The molecule has 8 nitrogen and oxygen atoms in total.